The number of aryl methyl sites for hydroxylation is 1. The average molecular weight is 309 g/mol. The highest BCUT2D eigenvalue weighted by Crippen LogP contribution is 2.33. The molecule has 0 radical (unpaired) electrons. The van der Waals surface area contributed by atoms with Crippen LogP contribution < -0.4 is 10.2 Å². The van der Waals surface area contributed by atoms with Gasteiger partial charge in [0.2, 0.25) is 5.91 Å². The summed E-state index contributed by atoms with van der Waals surface area (Å²) in [5, 5.41) is 2.79. The molecule has 0 saturated heterocycles. The monoisotopic (exact) mass is 309 g/mol. The zero-order valence-corrected chi connectivity index (χ0v) is 13.2. The van der Waals surface area contributed by atoms with Crippen LogP contribution in [0.5, 0.6) is 0 Å². The number of para-hydroxylation sites is 1. The molecule has 2 aromatic rings. The molecule has 0 atom stereocenters. The second kappa shape index (κ2) is 6.20. The highest BCUT2D eigenvalue weighted by molar-refractivity contribution is 6.10. The van der Waals surface area contributed by atoms with E-state index < -0.39 is 0 Å². The minimum absolute atomic E-state index is 0.0685. The van der Waals surface area contributed by atoms with E-state index in [1.165, 1.54) is 0 Å². The van der Waals surface area contributed by atoms with Crippen LogP contribution >= 0.6 is 0 Å². The summed E-state index contributed by atoms with van der Waals surface area (Å²) >= 11 is 0. The van der Waals surface area contributed by atoms with Gasteiger partial charge in [0.15, 0.2) is 0 Å². The topological polar surface area (TPSA) is 62.3 Å². The number of rotatable bonds is 4. The lowest BCUT2D eigenvalue weighted by Gasteiger charge is -2.20. The first kappa shape index (κ1) is 15.2. The van der Waals surface area contributed by atoms with Crippen LogP contribution in [0.3, 0.4) is 0 Å². The summed E-state index contributed by atoms with van der Waals surface area (Å²) in [6.07, 6.45) is 3.52. The second-order valence-electron chi connectivity index (χ2n) is 5.86. The van der Waals surface area contributed by atoms with E-state index in [1.807, 2.05) is 19.1 Å². The highest BCUT2D eigenvalue weighted by Gasteiger charge is 2.33. The molecule has 5 nitrogen and oxygen atoms in total. The fraction of sp³-hybridized carbons (Fsp3) is 0.278. The Morgan fingerprint density at radius 1 is 1.22 bits per heavy atom. The number of hydrogen-bond acceptors (Lipinski definition) is 3. The number of hydrogen-bond donors (Lipinski definition) is 1. The second-order valence-corrected chi connectivity index (χ2v) is 5.86. The first-order valence-corrected chi connectivity index (χ1v) is 7.67. The molecular weight excluding hydrogens is 290 g/mol. The Hall–Kier alpha value is -2.69. The van der Waals surface area contributed by atoms with Gasteiger partial charge < -0.3 is 10.2 Å². The van der Waals surface area contributed by atoms with E-state index in [9.17, 15) is 9.59 Å². The third-order valence-electron chi connectivity index (χ3n) is 3.92. The minimum atomic E-state index is -0.269. The number of pyridine rings is 1. The molecule has 0 aliphatic heterocycles. The van der Waals surface area contributed by atoms with Crippen molar-refractivity contribution in [3.63, 3.8) is 0 Å². The molecule has 1 aliphatic carbocycles. The molecule has 0 spiro atoms. The summed E-state index contributed by atoms with van der Waals surface area (Å²) in [7, 11) is 1.72. The molecule has 1 fully saturated rings. The van der Waals surface area contributed by atoms with Gasteiger partial charge in [-0.2, -0.15) is 0 Å². The fourth-order valence-electron chi connectivity index (χ4n) is 2.47. The summed E-state index contributed by atoms with van der Waals surface area (Å²) in [4.78, 5) is 30.6. The van der Waals surface area contributed by atoms with Crippen molar-refractivity contribution in [2.75, 3.05) is 17.3 Å². The lowest BCUT2D eigenvalue weighted by molar-refractivity contribution is -0.119. The van der Waals surface area contributed by atoms with Gasteiger partial charge in [0.25, 0.3) is 5.91 Å². The maximum absolute atomic E-state index is 12.6. The first-order chi connectivity index (χ1) is 11.1. The van der Waals surface area contributed by atoms with Crippen molar-refractivity contribution in [3.8, 4) is 0 Å². The van der Waals surface area contributed by atoms with Crippen molar-refractivity contribution in [3.05, 3.63) is 53.7 Å². The molecule has 1 aliphatic rings. The zero-order chi connectivity index (χ0) is 16.4. The Morgan fingerprint density at radius 3 is 2.65 bits per heavy atom. The Kier molecular flexibility index (Phi) is 4.10. The normalized spacial score (nSPS) is 13.5. The molecule has 1 heterocycles. The van der Waals surface area contributed by atoms with E-state index in [2.05, 4.69) is 10.3 Å². The summed E-state index contributed by atoms with van der Waals surface area (Å²) in [5.74, 6) is 0.406. The number of carbonyl (C=O) groups is 2. The van der Waals surface area contributed by atoms with Gasteiger partial charge in [-0.05, 0) is 49.6 Å². The average Bonchev–Trinajstić information content (AvgIpc) is 3.38. The van der Waals surface area contributed by atoms with Gasteiger partial charge in [0, 0.05) is 19.2 Å². The molecule has 1 N–H and O–H groups in total. The number of aromatic nitrogens is 1. The third-order valence-corrected chi connectivity index (χ3v) is 3.92. The highest BCUT2D eigenvalue weighted by atomic mass is 16.2. The van der Waals surface area contributed by atoms with E-state index in [0.717, 1.165) is 18.4 Å². The van der Waals surface area contributed by atoms with Gasteiger partial charge in [-0.25, -0.2) is 4.98 Å². The predicted octanol–water partition coefficient (Wildman–Crippen LogP) is 3.02. The Labute approximate surface area is 135 Å². The maximum Gasteiger partial charge on any atom is 0.258 e. The number of benzene rings is 1. The van der Waals surface area contributed by atoms with Gasteiger partial charge in [-0.15, -0.1) is 0 Å². The van der Waals surface area contributed by atoms with Crippen LogP contribution in [0.2, 0.25) is 0 Å². The van der Waals surface area contributed by atoms with E-state index in [1.54, 1.807) is 42.4 Å². The van der Waals surface area contributed by atoms with E-state index in [4.69, 9.17) is 0 Å². The lowest BCUT2D eigenvalue weighted by Crippen LogP contribution is -2.30. The number of nitrogens with zero attached hydrogens (tertiary/aromatic N) is 2. The molecule has 0 unspecified atom stereocenters. The van der Waals surface area contributed by atoms with Crippen LogP contribution in [0.1, 0.15) is 28.8 Å². The summed E-state index contributed by atoms with van der Waals surface area (Å²) in [5.41, 5.74) is 2.10. The zero-order valence-electron chi connectivity index (χ0n) is 13.2. The molecule has 1 saturated carbocycles. The van der Waals surface area contributed by atoms with Crippen LogP contribution in [0.15, 0.2) is 42.6 Å². The van der Waals surface area contributed by atoms with Gasteiger partial charge in [0.05, 0.1) is 11.3 Å². The Balaban J connectivity index is 1.84. The van der Waals surface area contributed by atoms with Crippen molar-refractivity contribution in [2.45, 2.75) is 19.8 Å². The van der Waals surface area contributed by atoms with Crippen molar-refractivity contribution < 1.29 is 9.59 Å². The largest absolute Gasteiger partial charge is 0.314 e. The van der Waals surface area contributed by atoms with Crippen LogP contribution in [-0.4, -0.2) is 23.8 Å². The summed E-state index contributed by atoms with van der Waals surface area (Å²) in [6.45, 7) is 1.94. The molecule has 3 rings (SSSR count). The van der Waals surface area contributed by atoms with E-state index in [-0.39, 0.29) is 17.7 Å². The molecule has 2 amide bonds. The Bertz CT molecular complexity index is 753. The van der Waals surface area contributed by atoms with Crippen molar-refractivity contribution in [2.24, 2.45) is 5.92 Å². The smallest absolute Gasteiger partial charge is 0.258 e. The first-order valence-electron chi connectivity index (χ1n) is 7.67. The number of nitrogens with one attached hydrogen (secondary N) is 1. The number of anilines is 2. The molecule has 0 bridgehead atoms. The molecule has 1 aromatic carbocycles. The third kappa shape index (κ3) is 3.39. The SMILES string of the molecule is Cc1ccnc(NC(=O)c2ccccc2N(C)C(=O)C2CC2)c1. The standard InChI is InChI=1S/C18H19N3O2/c1-12-9-10-19-16(11-12)20-17(22)14-5-3-4-6-15(14)21(2)18(23)13-7-8-13/h3-6,9-11,13H,7-8H2,1-2H3,(H,19,20,22). The van der Waals surface area contributed by atoms with Gasteiger partial charge in [0.1, 0.15) is 5.82 Å². The predicted molar refractivity (Wildman–Crippen MR) is 89.5 cm³/mol. The van der Waals surface area contributed by atoms with Crippen LogP contribution in [-0.2, 0) is 4.79 Å². The number of carbonyl (C=O) groups excluding carboxylic acids is 2. The minimum Gasteiger partial charge on any atom is -0.314 e. The van der Waals surface area contributed by atoms with Crippen molar-refractivity contribution >= 4 is 23.3 Å². The quantitative estimate of drug-likeness (QED) is 0.944. The van der Waals surface area contributed by atoms with Crippen LogP contribution in [0, 0.1) is 12.8 Å². The van der Waals surface area contributed by atoms with Crippen molar-refractivity contribution in [1.29, 1.82) is 0 Å². The van der Waals surface area contributed by atoms with Crippen molar-refractivity contribution in [1.82, 2.24) is 4.98 Å². The lowest BCUT2D eigenvalue weighted by atomic mass is 10.1. The van der Waals surface area contributed by atoms with Gasteiger partial charge in [-0.1, -0.05) is 12.1 Å². The molecule has 1 aromatic heterocycles. The van der Waals surface area contributed by atoms with Gasteiger partial charge in [-0.3, -0.25) is 9.59 Å². The Morgan fingerprint density at radius 2 is 1.96 bits per heavy atom. The van der Waals surface area contributed by atoms with E-state index in [0.29, 0.717) is 17.1 Å². The van der Waals surface area contributed by atoms with E-state index >= 15 is 0 Å². The maximum atomic E-state index is 12.6. The molecular formula is C18H19N3O2. The summed E-state index contributed by atoms with van der Waals surface area (Å²) < 4.78 is 0. The molecule has 118 valence electrons. The van der Waals surface area contributed by atoms with Crippen LogP contribution in [0.25, 0.3) is 0 Å². The molecule has 23 heavy (non-hydrogen) atoms. The number of amides is 2. The summed E-state index contributed by atoms with van der Waals surface area (Å²) in [6, 6.07) is 10.8. The van der Waals surface area contributed by atoms with Gasteiger partial charge >= 0.3 is 0 Å². The van der Waals surface area contributed by atoms with Crippen LogP contribution in [0.4, 0.5) is 11.5 Å². The fourth-order valence-corrected chi connectivity index (χ4v) is 2.47. The molecule has 5 heteroatoms.